The number of rotatable bonds is 4. The number of hydrazone groups is 1. The van der Waals surface area contributed by atoms with Crippen LogP contribution >= 0.6 is 0 Å². The lowest BCUT2D eigenvalue weighted by molar-refractivity contribution is 0.184. The van der Waals surface area contributed by atoms with Crippen LogP contribution in [0.2, 0.25) is 0 Å². The smallest absolute Gasteiger partial charge is 0.0541 e. The van der Waals surface area contributed by atoms with E-state index in [1.54, 1.807) is 6.21 Å². The monoisotopic (exact) mass is 245 g/mol. The first-order chi connectivity index (χ1) is 8.81. The van der Waals surface area contributed by atoms with Gasteiger partial charge in [0.25, 0.3) is 0 Å². The van der Waals surface area contributed by atoms with Gasteiger partial charge in [0, 0.05) is 12.6 Å². The van der Waals surface area contributed by atoms with E-state index >= 15 is 0 Å². The van der Waals surface area contributed by atoms with Crippen molar-refractivity contribution in [1.82, 2.24) is 4.90 Å². The van der Waals surface area contributed by atoms with Crippen molar-refractivity contribution in [3.8, 4) is 0 Å². The normalized spacial score (nSPS) is 17.7. The minimum atomic E-state index is 0.738. The molecule has 0 unspecified atom stereocenters. The number of hydrogen-bond acceptors (Lipinski definition) is 3. The van der Waals surface area contributed by atoms with Crippen LogP contribution in [0.4, 0.5) is 0 Å². The fourth-order valence-electron chi connectivity index (χ4n) is 2.80. The first-order valence-electron chi connectivity index (χ1n) is 6.82. The average molecular weight is 245 g/mol. The number of nitrogens with zero attached hydrogens (tertiary/aromatic N) is 2. The molecule has 0 bridgehead atoms. The van der Waals surface area contributed by atoms with Gasteiger partial charge in [-0.2, -0.15) is 5.10 Å². The van der Waals surface area contributed by atoms with Gasteiger partial charge >= 0.3 is 0 Å². The van der Waals surface area contributed by atoms with E-state index < -0.39 is 0 Å². The Labute approximate surface area is 110 Å². The molecule has 3 nitrogen and oxygen atoms in total. The Bertz CT molecular complexity index is 394. The first kappa shape index (κ1) is 13.1. The van der Waals surface area contributed by atoms with Crippen LogP contribution < -0.4 is 5.84 Å². The van der Waals surface area contributed by atoms with E-state index in [4.69, 9.17) is 5.84 Å². The zero-order valence-electron chi connectivity index (χ0n) is 11.2. The summed E-state index contributed by atoms with van der Waals surface area (Å²) in [7, 11) is 2.23. The average Bonchev–Trinajstić information content (AvgIpc) is 2.42. The molecule has 1 aromatic carbocycles. The molecule has 2 rings (SSSR count). The van der Waals surface area contributed by atoms with Crippen molar-refractivity contribution < 1.29 is 0 Å². The van der Waals surface area contributed by atoms with Crippen molar-refractivity contribution in [3.63, 3.8) is 0 Å². The van der Waals surface area contributed by atoms with Crippen LogP contribution in [0.1, 0.15) is 43.2 Å². The summed E-state index contributed by atoms with van der Waals surface area (Å²) in [5.41, 5.74) is 2.43. The van der Waals surface area contributed by atoms with Crippen LogP contribution in [0.15, 0.2) is 29.4 Å². The van der Waals surface area contributed by atoms with Gasteiger partial charge in [-0.05, 0) is 31.0 Å². The Hall–Kier alpha value is -1.35. The highest BCUT2D eigenvalue weighted by Gasteiger charge is 2.18. The lowest BCUT2D eigenvalue weighted by Gasteiger charge is -2.31. The van der Waals surface area contributed by atoms with Crippen molar-refractivity contribution in [2.75, 3.05) is 7.05 Å². The maximum absolute atomic E-state index is 5.26. The summed E-state index contributed by atoms with van der Waals surface area (Å²) in [6, 6.07) is 9.08. The van der Waals surface area contributed by atoms with Gasteiger partial charge < -0.3 is 5.84 Å². The van der Waals surface area contributed by atoms with Gasteiger partial charge in [-0.1, -0.05) is 43.5 Å². The largest absolute Gasteiger partial charge is 0.323 e. The molecule has 0 saturated heterocycles. The molecule has 0 atom stereocenters. The topological polar surface area (TPSA) is 41.6 Å². The maximum Gasteiger partial charge on any atom is 0.0541 e. The summed E-state index contributed by atoms with van der Waals surface area (Å²) >= 11 is 0. The highest BCUT2D eigenvalue weighted by Crippen LogP contribution is 2.23. The van der Waals surface area contributed by atoms with Crippen molar-refractivity contribution in [2.24, 2.45) is 10.9 Å². The van der Waals surface area contributed by atoms with Gasteiger partial charge in [-0.3, -0.25) is 4.90 Å². The van der Waals surface area contributed by atoms with Crippen molar-refractivity contribution >= 4 is 6.21 Å². The van der Waals surface area contributed by atoms with Crippen LogP contribution in [-0.2, 0) is 6.54 Å². The van der Waals surface area contributed by atoms with Crippen molar-refractivity contribution in [3.05, 3.63) is 35.4 Å². The molecule has 18 heavy (non-hydrogen) atoms. The number of nitrogens with two attached hydrogens (primary N) is 1. The summed E-state index contributed by atoms with van der Waals surface area (Å²) < 4.78 is 0. The van der Waals surface area contributed by atoms with Crippen molar-refractivity contribution in [1.29, 1.82) is 0 Å². The third-order valence-electron chi connectivity index (χ3n) is 3.89. The quantitative estimate of drug-likeness (QED) is 0.503. The Morgan fingerprint density at radius 3 is 2.72 bits per heavy atom. The molecule has 0 aromatic heterocycles. The van der Waals surface area contributed by atoms with E-state index in [0.717, 1.165) is 18.2 Å². The second-order valence-electron chi connectivity index (χ2n) is 5.18. The molecule has 3 heteroatoms. The summed E-state index contributed by atoms with van der Waals surface area (Å²) in [6.45, 7) is 0.979. The van der Waals surface area contributed by atoms with E-state index in [2.05, 4.69) is 35.2 Å². The van der Waals surface area contributed by atoms with Gasteiger partial charge in [-0.25, -0.2) is 0 Å². The molecule has 0 aliphatic heterocycles. The molecular formula is C15H23N3. The Kier molecular flexibility index (Phi) is 4.76. The second kappa shape index (κ2) is 6.55. The first-order valence-corrected chi connectivity index (χ1v) is 6.82. The summed E-state index contributed by atoms with van der Waals surface area (Å²) in [6.07, 6.45) is 8.57. The van der Waals surface area contributed by atoms with Gasteiger partial charge in [0.05, 0.1) is 6.21 Å². The van der Waals surface area contributed by atoms with Crippen molar-refractivity contribution in [2.45, 2.75) is 44.7 Å². The summed E-state index contributed by atoms with van der Waals surface area (Å²) in [4.78, 5) is 2.47. The summed E-state index contributed by atoms with van der Waals surface area (Å²) in [5.74, 6) is 5.26. The molecule has 0 spiro atoms. The molecule has 2 N–H and O–H groups in total. The second-order valence-corrected chi connectivity index (χ2v) is 5.18. The molecule has 1 aliphatic carbocycles. The highest BCUT2D eigenvalue weighted by molar-refractivity contribution is 5.81. The summed E-state index contributed by atoms with van der Waals surface area (Å²) in [5, 5.41) is 3.64. The Morgan fingerprint density at radius 1 is 1.28 bits per heavy atom. The highest BCUT2D eigenvalue weighted by atomic mass is 15.1. The Balaban J connectivity index is 2.03. The van der Waals surface area contributed by atoms with E-state index in [1.807, 2.05) is 6.07 Å². The number of hydrogen-bond donors (Lipinski definition) is 1. The molecule has 98 valence electrons. The third-order valence-corrected chi connectivity index (χ3v) is 3.89. The number of benzene rings is 1. The molecule has 1 fully saturated rings. The molecular weight excluding hydrogens is 222 g/mol. The Morgan fingerprint density at radius 2 is 2.00 bits per heavy atom. The van der Waals surface area contributed by atoms with E-state index in [-0.39, 0.29) is 0 Å². The molecule has 1 aliphatic rings. The third kappa shape index (κ3) is 3.33. The van der Waals surface area contributed by atoms with Crippen LogP contribution in [0.25, 0.3) is 0 Å². The van der Waals surface area contributed by atoms with Gasteiger partial charge in [0.1, 0.15) is 0 Å². The molecule has 1 aromatic rings. The SMILES string of the molecule is CN(Cc1ccccc1C=NN)C1CCCCC1. The molecule has 0 heterocycles. The van der Waals surface area contributed by atoms with Gasteiger partial charge in [0.2, 0.25) is 0 Å². The van der Waals surface area contributed by atoms with E-state index in [9.17, 15) is 0 Å². The lowest BCUT2D eigenvalue weighted by atomic mass is 9.94. The fraction of sp³-hybridized carbons (Fsp3) is 0.533. The minimum absolute atomic E-state index is 0.738. The molecule has 0 radical (unpaired) electrons. The molecule has 1 saturated carbocycles. The van der Waals surface area contributed by atoms with Crippen LogP contribution in [0.5, 0.6) is 0 Å². The fourth-order valence-corrected chi connectivity index (χ4v) is 2.80. The zero-order valence-corrected chi connectivity index (χ0v) is 11.2. The zero-order chi connectivity index (χ0) is 12.8. The maximum atomic E-state index is 5.26. The minimum Gasteiger partial charge on any atom is -0.323 e. The predicted octanol–water partition coefficient (Wildman–Crippen LogP) is 2.74. The van der Waals surface area contributed by atoms with Gasteiger partial charge in [0.15, 0.2) is 0 Å². The standard InChI is InChI=1S/C15H23N3/c1-18(15-9-3-2-4-10-15)12-14-8-6-5-7-13(14)11-17-16/h5-8,11,15H,2-4,9-10,12,16H2,1H3. The van der Waals surface area contributed by atoms with Gasteiger partial charge in [-0.15, -0.1) is 0 Å². The van der Waals surface area contributed by atoms with Crippen LogP contribution in [0, 0.1) is 0 Å². The van der Waals surface area contributed by atoms with Crippen LogP contribution in [-0.4, -0.2) is 24.2 Å². The van der Waals surface area contributed by atoms with E-state index in [1.165, 1.54) is 37.7 Å². The van der Waals surface area contributed by atoms with E-state index in [0.29, 0.717) is 0 Å². The van der Waals surface area contributed by atoms with Crippen LogP contribution in [0.3, 0.4) is 0 Å². The lowest BCUT2D eigenvalue weighted by Crippen LogP contribution is -2.33. The molecule has 0 amide bonds. The predicted molar refractivity (Wildman–Crippen MR) is 76.6 cm³/mol.